The fraction of sp³-hybridized carbons (Fsp3) is 0.267. The van der Waals surface area contributed by atoms with Crippen molar-refractivity contribution < 1.29 is 19.2 Å². The molecule has 1 amide bonds. The molecule has 6 heteroatoms. The van der Waals surface area contributed by atoms with Crippen LogP contribution in [0.15, 0.2) is 40.9 Å². The second-order valence-electron chi connectivity index (χ2n) is 4.60. The predicted octanol–water partition coefficient (Wildman–Crippen LogP) is 2.32. The highest BCUT2D eigenvalue weighted by molar-refractivity contribution is 5.95. The van der Waals surface area contributed by atoms with Crippen LogP contribution in [0.4, 0.5) is 0 Å². The van der Waals surface area contributed by atoms with Crippen LogP contribution in [-0.2, 0) is 4.79 Å². The third kappa shape index (κ3) is 3.68. The van der Waals surface area contributed by atoms with Crippen molar-refractivity contribution >= 4 is 11.9 Å². The van der Waals surface area contributed by atoms with Crippen molar-refractivity contribution in [3.05, 3.63) is 42.1 Å². The van der Waals surface area contributed by atoms with Gasteiger partial charge in [0, 0.05) is 11.6 Å². The van der Waals surface area contributed by atoms with E-state index in [0.29, 0.717) is 18.6 Å². The van der Waals surface area contributed by atoms with Crippen molar-refractivity contribution in [2.24, 2.45) is 0 Å². The Hall–Kier alpha value is -2.63. The van der Waals surface area contributed by atoms with Gasteiger partial charge in [0.05, 0.1) is 0 Å². The van der Waals surface area contributed by atoms with E-state index in [0.717, 1.165) is 5.56 Å². The molecule has 6 nitrogen and oxygen atoms in total. The molecule has 0 bridgehead atoms. The van der Waals surface area contributed by atoms with E-state index >= 15 is 0 Å². The van der Waals surface area contributed by atoms with E-state index in [-0.39, 0.29) is 5.69 Å². The van der Waals surface area contributed by atoms with Gasteiger partial charge in [0.2, 0.25) is 0 Å². The molecule has 0 aliphatic carbocycles. The average Bonchev–Trinajstić information content (AvgIpc) is 2.97. The van der Waals surface area contributed by atoms with Gasteiger partial charge in [-0.25, -0.2) is 4.79 Å². The number of nitrogens with one attached hydrogen (secondary N) is 1. The summed E-state index contributed by atoms with van der Waals surface area (Å²) < 4.78 is 5.12. The highest BCUT2D eigenvalue weighted by Gasteiger charge is 2.21. The third-order valence-corrected chi connectivity index (χ3v) is 2.98. The molecule has 2 rings (SSSR count). The van der Waals surface area contributed by atoms with Crippen molar-refractivity contribution in [1.82, 2.24) is 10.5 Å². The van der Waals surface area contributed by atoms with Gasteiger partial charge in [-0.2, -0.15) is 0 Å². The third-order valence-electron chi connectivity index (χ3n) is 2.98. The van der Waals surface area contributed by atoms with Gasteiger partial charge >= 0.3 is 5.97 Å². The van der Waals surface area contributed by atoms with Gasteiger partial charge in [-0.15, -0.1) is 0 Å². The molecule has 110 valence electrons. The molecule has 0 unspecified atom stereocenters. The zero-order chi connectivity index (χ0) is 15.2. The number of aromatic nitrogens is 1. The summed E-state index contributed by atoms with van der Waals surface area (Å²) in [5.74, 6) is -1.15. The van der Waals surface area contributed by atoms with Gasteiger partial charge in [0.1, 0.15) is 6.04 Å². The van der Waals surface area contributed by atoms with Crippen LogP contribution in [0.2, 0.25) is 0 Å². The second kappa shape index (κ2) is 6.69. The number of nitrogens with zero attached hydrogens (tertiary/aromatic N) is 1. The number of amides is 1. The molecule has 21 heavy (non-hydrogen) atoms. The van der Waals surface area contributed by atoms with E-state index in [1.54, 1.807) is 0 Å². The molecule has 0 saturated carbocycles. The minimum atomic E-state index is -1.06. The van der Waals surface area contributed by atoms with Crippen LogP contribution in [0.1, 0.15) is 30.3 Å². The molecule has 0 radical (unpaired) electrons. The maximum absolute atomic E-state index is 12.0. The molecule has 2 aromatic rings. The molecule has 2 N–H and O–H groups in total. The lowest BCUT2D eigenvalue weighted by atomic mass is 10.1. The number of carbonyl (C=O) groups excluding carboxylic acids is 1. The number of rotatable bonds is 6. The van der Waals surface area contributed by atoms with Crippen LogP contribution in [0.3, 0.4) is 0 Å². The van der Waals surface area contributed by atoms with Crippen LogP contribution < -0.4 is 5.32 Å². The number of hydrogen-bond acceptors (Lipinski definition) is 4. The van der Waals surface area contributed by atoms with Gasteiger partial charge in [0.15, 0.2) is 11.5 Å². The Balaban J connectivity index is 2.10. The fourth-order valence-electron chi connectivity index (χ4n) is 1.90. The van der Waals surface area contributed by atoms with Gasteiger partial charge < -0.3 is 14.9 Å². The van der Waals surface area contributed by atoms with E-state index < -0.39 is 17.9 Å². The summed E-state index contributed by atoms with van der Waals surface area (Å²) in [7, 11) is 0. The fourth-order valence-corrected chi connectivity index (χ4v) is 1.90. The Kier molecular flexibility index (Phi) is 4.71. The smallest absolute Gasteiger partial charge is 0.326 e. The summed E-state index contributed by atoms with van der Waals surface area (Å²) in [5, 5.41) is 15.1. The van der Waals surface area contributed by atoms with Gasteiger partial charge in [0.25, 0.3) is 5.91 Å². The molecular formula is C15H16N2O4. The van der Waals surface area contributed by atoms with Crippen LogP contribution in [-0.4, -0.2) is 28.2 Å². The van der Waals surface area contributed by atoms with Crippen LogP contribution >= 0.6 is 0 Å². The lowest BCUT2D eigenvalue weighted by Gasteiger charge is -2.11. The zero-order valence-corrected chi connectivity index (χ0v) is 11.6. The number of aliphatic carboxylic acids is 1. The maximum atomic E-state index is 12.0. The first-order valence-electron chi connectivity index (χ1n) is 6.67. The lowest BCUT2D eigenvalue weighted by molar-refractivity contribution is -0.139. The minimum absolute atomic E-state index is 0.0659. The zero-order valence-electron chi connectivity index (χ0n) is 11.6. The SMILES string of the molecule is CCC[C@@H](NC(=O)c1cc(-c2ccccc2)on1)C(=O)O. The van der Waals surface area contributed by atoms with E-state index in [1.165, 1.54) is 6.07 Å². The van der Waals surface area contributed by atoms with Gasteiger partial charge in [-0.3, -0.25) is 4.79 Å². The standard InChI is InChI=1S/C15H16N2O4/c1-2-6-11(15(19)20)16-14(18)12-9-13(21-17-12)10-7-4-3-5-8-10/h3-5,7-9,11H,2,6H2,1H3,(H,16,18)(H,19,20)/t11-/m1/s1. The summed E-state index contributed by atoms with van der Waals surface area (Å²) >= 11 is 0. The van der Waals surface area contributed by atoms with Gasteiger partial charge in [-0.1, -0.05) is 48.8 Å². The molecule has 1 aromatic carbocycles. The van der Waals surface area contributed by atoms with Crippen LogP contribution in [0.25, 0.3) is 11.3 Å². The predicted molar refractivity (Wildman–Crippen MR) is 75.7 cm³/mol. The van der Waals surface area contributed by atoms with Crippen molar-refractivity contribution in [2.45, 2.75) is 25.8 Å². The topological polar surface area (TPSA) is 92.4 Å². The summed E-state index contributed by atoms with van der Waals surface area (Å²) in [6, 6.07) is 9.81. The molecule has 0 fully saturated rings. The van der Waals surface area contributed by atoms with Crippen molar-refractivity contribution in [2.75, 3.05) is 0 Å². The molecular weight excluding hydrogens is 272 g/mol. The Morgan fingerprint density at radius 3 is 2.67 bits per heavy atom. The Morgan fingerprint density at radius 2 is 2.05 bits per heavy atom. The normalized spacial score (nSPS) is 11.9. The molecule has 0 aliphatic rings. The largest absolute Gasteiger partial charge is 0.480 e. The van der Waals surface area contributed by atoms with Crippen molar-refractivity contribution in [3.8, 4) is 11.3 Å². The number of hydrogen-bond donors (Lipinski definition) is 2. The quantitative estimate of drug-likeness (QED) is 0.851. The Morgan fingerprint density at radius 1 is 1.33 bits per heavy atom. The molecule has 0 aliphatic heterocycles. The summed E-state index contributed by atoms with van der Waals surface area (Å²) in [5.41, 5.74) is 0.864. The summed E-state index contributed by atoms with van der Waals surface area (Å²) in [6.45, 7) is 1.85. The Labute approximate surface area is 121 Å². The number of benzene rings is 1. The maximum Gasteiger partial charge on any atom is 0.326 e. The average molecular weight is 288 g/mol. The number of carboxylic acids is 1. The first-order chi connectivity index (χ1) is 10.1. The molecule has 1 heterocycles. The monoisotopic (exact) mass is 288 g/mol. The summed E-state index contributed by atoms with van der Waals surface area (Å²) in [6.07, 6.45) is 1.02. The highest BCUT2D eigenvalue weighted by Crippen LogP contribution is 2.19. The molecule has 1 aromatic heterocycles. The molecule has 0 spiro atoms. The van der Waals surface area contributed by atoms with E-state index in [2.05, 4.69) is 10.5 Å². The minimum Gasteiger partial charge on any atom is -0.480 e. The number of carboxylic acid groups (broad SMARTS) is 1. The molecule has 1 atom stereocenters. The van der Waals surface area contributed by atoms with E-state index in [1.807, 2.05) is 37.3 Å². The Bertz CT molecular complexity index is 622. The van der Waals surface area contributed by atoms with E-state index in [4.69, 9.17) is 9.63 Å². The van der Waals surface area contributed by atoms with Crippen LogP contribution in [0.5, 0.6) is 0 Å². The van der Waals surface area contributed by atoms with Crippen molar-refractivity contribution in [1.29, 1.82) is 0 Å². The van der Waals surface area contributed by atoms with Crippen LogP contribution in [0, 0.1) is 0 Å². The molecule has 0 saturated heterocycles. The first-order valence-corrected chi connectivity index (χ1v) is 6.67. The van der Waals surface area contributed by atoms with E-state index in [9.17, 15) is 9.59 Å². The first kappa shape index (κ1) is 14.8. The lowest BCUT2D eigenvalue weighted by Crippen LogP contribution is -2.40. The highest BCUT2D eigenvalue weighted by atomic mass is 16.5. The van der Waals surface area contributed by atoms with Crippen molar-refractivity contribution in [3.63, 3.8) is 0 Å². The second-order valence-corrected chi connectivity index (χ2v) is 4.60. The summed E-state index contributed by atoms with van der Waals surface area (Å²) in [4.78, 5) is 23.0. The number of carbonyl (C=O) groups is 2. The van der Waals surface area contributed by atoms with Gasteiger partial charge in [-0.05, 0) is 6.42 Å².